The second kappa shape index (κ2) is 13.3. The van der Waals surface area contributed by atoms with E-state index in [1.165, 1.54) is 4.90 Å². The standard InChI is InChI=1S/C28H30Cl2FN3O4S/c1-19(2)16-32-28(36)20(3)33(17-21-9-14-25(29)26(30)15-21)27(35)18-34(23-7-5-4-6-8-23)39(37,38)24-12-10-22(31)11-13-24/h4-15,19-20H,16-18H2,1-3H3,(H,32,36)/t20-/m1/s1. The topological polar surface area (TPSA) is 86.8 Å². The van der Waals surface area contributed by atoms with Gasteiger partial charge in [0.15, 0.2) is 0 Å². The Balaban J connectivity index is 2.00. The monoisotopic (exact) mass is 593 g/mol. The van der Waals surface area contributed by atoms with Crippen molar-refractivity contribution in [1.82, 2.24) is 10.2 Å². The molecule has 1 atom stereocenters. The first-order chi connectivity index (χ1) is 18.4. The number of amides is 2. The maximum Gasteiger partial charge on any atom is 0.264 e. The lowest BCUT2D eigenvalue weighted by molar-refractivity contribution is -0.139. The van der Waals surface area contributed by atoms with Crippen LogP contribution in [0.25, 0.3) is 0 Å². The number of para-hydroxylation sites is 1. The molecule has 0 aliphatic rings. The predicted octanol–water partition coefficient (Wildman–Crippen LogP) is 5.52. The minimum absolute atomic E-state index is 0.0226. The van der Waals surface area contributed by atoms with Crippen molar-refractivity contribution in [3.8, 4) is 0 Å². The summed E-state index contributed by atoms with van der Waals surface area (Å²) < 4.78 is 41.8. The third-order valence-corrected chi connectivity index (χ3v) is 8.44. The third kappa shape index (κ3) is 7.94. The van der Waals surface area contributed by atoms with E-state index in [-0.39, 0.29) is 34.0 Å². The van der Waals surface area contributed by atoms with Crippen molar-refractivity contribution in [1.29, 1.82) is 0 Å². The van der Waals surface area contributed by atoms with Crippen LogP contribution in [0, 0.1) is 11.7 Å². The van der Waals surface area contributed by atoms with E-state index in [4.69, 9.17) is 23.2 Å². The Morgan fingerprint density at radius 3 is 2.15 bits per heavy atom. The Kier molecular flexibility index (Phi) is 10.4. The smallest absolute Gasteiger partial charge is 0.264 e. The van der Waals surface area contributed by atoms with E-state index in [2.05, 4.69) is 5.32 Å². The van der Waals surface area contributed by atoms with Crippen LogP contribution in [-0.2, 0) is 26.2 Å². The molecule has 0 aromatic heterocycles. The highest BCUT2D eigenvalue weighted by molar-refractivity contribution is 7.92. The van der Waals surface area contributed by atoms with Crippen molar-refractivity contribution < 1.29 is 22.4 Å². The number of nitrogens with one attached hydrogen (secondary N) is 1. The van der Waals surface area contributed by atoms with Crippen LogP contribution in [0.1, 0.15) is 26.3 Å². The van der Waals surface area contributed by atoms with Gasteiger partial charge in [-0.05, 0) is 66.9 Å². The SMILES string of the molecule is CC(C)CNC(=O)[C@@H](C)N(Cc1ccc(Cl)c(Cl)c1)C(=O)CN(c1ccccc1)S(=O)(=O)c1ccc(F)cc1. The second-order valence-electron chi connectivity index (χ2n) is 9.39. The van der Waals surface area contributed by atoms with E-state index in [0.717, 1.165) is 28.6 Å². The number of hydrogen-bond acceptors (Lipinski definition) is 4. The molecule has 208 valence electrons. The molecule has 0 radical (unpaired) electrons. The lowest BCUT2D eigenvalue weighted by Gasteiger charge is -2.32. The van der Waals surface area contributed by atoms with Crippen molar-refractivity contribution in [3.63, 3.8) is 0 Å². The quantitative estimate of drug-likeness (QED) is 0.317. The number of nitrogens with zero attached hydrogens (tertiary/aromatic N) is 2. The fraction of sp³-hybridized carbons (Fsp3) is 0.286. The van der Waals surface area contributed by atoms with Crippen LogP contribution in [-0.4, -0.2) is 44.3 Å². The predicted molar refractivity (Wildman–Crippen MR) is 152 cm³/mol. The van der Waals surface area contributed by atoms with Crippen molar-refractivity contribution in [2.75, 3.05) is 17.4 Å². The number of rotatable bonds is 11. The summed E-state index contributed by atoms with van der Waals surface area (Å²) in [6, 6.07) is 16.4. The van der Waals surface area contributed by atoms with Crippen LogP contribution in [0.2, 0.25) is 10.0 Å². The van der Waals surface area contributed by atoms with Crippen molar-refractivity contribution >= 4 is 50.7 Å². The number of benzene rings is 3. The highest BCUT2D eigenvalue weighted by Crippen LogP contribution is 2.26. The Bertz CT molecular complexity index is 1400. The Labute approximate surface area is 238 Å². The molecule has 0 spiro atoms. The molecular formula is C28H30Cl2FN3O4S. The molecule has 0 aliphatic heterocycles. The van der Waals surface area contributed by atoms with Gasteiger partial charge >= 0.3 is 0 Å². The van der Waals surface area contributed by atoms with Gasteiger partial charge in [-0.25, -0.2) is 12.8 Å². The van der Waals surface area contributed by atoms with Crippen LogP contribution in [0.4, 0.5) is 10.1 Å². The maximum atomic E-state index is 13.8. The van der Waals surface area contributed by atoms with E-state index < -0.39 is 34.3 Å². The molecule has 2 amide bonds. The average Bonchev–Trinajstić information content (AvgIpc) is 2.91. The summed E-state index contributed by atoms with van der Waals surface area (Å²) >= 11 is 12.2. The van der Waals surface area contributed by atoms with Crippen LogP contribution < -0.4 is 9.62 Å². The summed E-state index contributed by atoms with van der Waals surface area (Å²) in [4.78, 5) is 27.9. The molecule has 0 heterocycles. The van der Waals surface area contributed by atoms with Gasteiger partial charge in [0, 0.05) is 13.1 Å². The minimum atomic E-state index is -4.27. The van der Waals surface area contributed by atoms with Gasteiger partial charge in [0.1, 0.15) is 18.4 Å². The van der Waals surface area contributed by atoms with Crippen molar-refractivity contribution in [2.45, 2.75) is 38.3 Å². The summed E-state index contributed by atoms with van der Waals surface area (Å²) in [6.07, 6.45) is 0. The second-order valence-corrected chi connectivity index (χ2v) is 12.1. The van der Waals surface area contributed by atoms with Gasteiger partial charge < -0.3 is 10.2 Å². The van der Waals surface area contributed by atoms with Gasteiger partial charge in [0.25, 0.3) is 10.0 Å². The molecule has 0 saturated carbocycles. The first-order valence-electron chi connectivity index (χ1n) is 12.2. The first kappa shape index (κ1) is 30.4. The summed E-state index contributed by atoms with van der Waals surface area (Å²) in [5.74, 6) is -1.41. The van der Waals surface area contributed by atoms with E-state index in [0.29, 0.717) is 17.1 Å². The number of hydrogen-bond donors (Lipinski definition) is 1. The van der Waals surface area contributed by atoms with Gasteiger partial charge in [0.05, 0.1) is 20.6 Å². The number of anilines is 1. The van der Waals surface area contributed by atoms with Crippen LogP contribution in [0.3, 0.4) is 0 Å². The zero-order valence-electron chi connectivity index (χ0n) is 21.8. The fourth-order valence-electron chi connectivity index (χ4n) is 3.73. The lowest BCUT2D eigenvalue weighted by atomic mass is 10.1. The normalized spacial score (nSPS) is 12.2. The first-order valence-corrected chi connectivity index (χ1v) is 14.4. The highest BCUT2D eigenvalue weighted by Gasteiger charge is 2.32. The molecular weight excluding hydrogens is 564 g/mol. The molecule has 3 rings (SSSR count). The van der Waals surface area contributed by atoms with Gasteiger partial charge in [-0.3, -0.25) is 13.9 Å². The lowest BCUT2D eigenvalue weighted by Crippen LogP contribution is -2.51. The zero-order chi connectivity index (χ0) is 28.7. The molecule has 11 heteroatoms. The van der Waals surface area contributed by atoms with Gasteiger partial charge in [-0.1, -0.05) is 61.3 Å². The number of carbonyl (C=O) groups is 2. The van der Waals surface area contributed by atoms with Crippen LogP contribution in [0.5, 0.6) is 0 Å². The molecule has 0 unspecified atom stereocenters. The van der Waals surface area contributed by atoms with E-state index in [9.17, 15) is 22.4 Å². The molecule has 1 N–H and O–H groups in total. The van der Waals surface area contributed by atoms with Gasteiger partial charge in [0.2, 0.25) is 11.8 Å². The van der Waals surface area contributed by atoms with Gasteiger partial charge in [-0.15, -0.1) is 0 Å². The summed E-state index contributed by atoms with van der Waals surface area (Å²) in [5.41, 5.74) is 0.843. The largest absolute Gasteiger partial charge is 0.354 e. The number of carbonyl (C=O) groups excluding carboxylic acids is 2. The number of sulfonamides is 1. The third-order valence-electron chi connectivity index (χ3n) is 5.91. The molecule has 0 aliphatic carbocycles. The molecule has 0 saturated heterocycles. The zero-order valence-corrected chi connectivity index (χ0v) is 24.1. The molecule has 3 aromatic rings. The van der Waals surface area contributed by atoms with Crippen LogP contribution >= 0.6 is 23.2 Å². The van der Waals surface area contributed by atoms with E-state index in [1.807, 2.05) is 13.8 Å². The fourth-order valence-corrected chi connectivity index (χ4v) is 5.46. The van der Waals surface area contributed by atoms with Gasteiger partial charge in [-0.2, -0.15) is 0 Å². The number of halogens is 3. The maximum absolute atomic E-state index is 13.8. The molecule has 3 aromatic carbocycles. The summed E-state index contributed by atoms with van der Waals surface area (Å²) in [5, 5.41) is 3.44. The Morgan fingerprint density at radius 1 is 0.923 bits per heavy atom. The Morgan fingerprint density at radius 2 is 1.56 bits per heavy atom. The Hall–Kier alpha value is -3.14. The summed E-state index contributed by atoms with van der Waals surface area (Å²) in [7, 11) is -4.27. The van der Waals surface area contributed by atoms with Crippen molar-refractivity contribution in [3.05, 3.63) is 94.2 Å². The average molecular weight is 595 g/mol. The molecule has 0 fully saturated rings. The van der Waals surface area contributed by atoms with E-state index >= 15 is 0 Å². The van der Waals surface area contributed by atoms with Crippen molar-refractivity contribution in [2.24, 2.45) is 5.92 Å². The van der Waals surface area contributed by atoms with Crippen LogP contribution in [0.15, 0.2) is 77.7 Å². The molecule has 0 bridgehead atoms. The highest BCUT2D eigenvalue weighted by atomic mass is 35.5. The summed E-state index contributed by atoms with van der Waals surface area (Å²) in [6.45, 7) is 5.25. The van der Waals surface area contributed by atoms with E-state index in [1.54, 1.807) is 55.5 Å². The molecule has 7 nitrogen and oxygen atoms in total. The molecule has 39 heavy (non-hydrogen) atoms. The minimum Gasteiger partial charge on any atom is -0.354 e.